The summed E-state index contributed by atoms with van der Waals surface area (Å²) in [6.07, 6.45) is 3.13. The molecule has 0 fully saturated rings. The second-order valence-electron chi connectivity index (χ2n) is 3.17. The molecule has 1 heterocycles. The van der Waals surface area contributed by atoms with E-state index in [9.17, 15) is 0 Å². The summed E-state index contributed by atoms with van der Waals surface area (Å²) in [5.41, 5.74) is 0. The highest BCUT2D eigenvalue weighted by Gasteiger charge is 2.05. The summed E-state index contributed by atoms with van der Waals surface area (Å²) in [4.78, 5) is 8.19. The first kappa shape index (κ1) is 12.1. The van der Waals surface area contributed by atoms with Gasteiger partial charge in [0.2, 0.25) is 5.88 Å². The summed E-state index contributed by atoms with van der Waals surface area (Å²) in [7, 11) is 1.76. The summed E-state index contributed by atoms with van der Waals surface area (Å²) in [5, 5.41) is 3.40. The highest BCUT2D eigenvalue weighted by molar-refractivity contribution is 9.10. The molecule has 6 heteroatoms. The number of nitrogens with zero attached hydrogens (tertiary/aromatic N) is 2. The van der Waals surface area contributed by atoms with Gasteiger partial charge in [-0.05, 0) is 18.2 Å². The van der Waals surface area contributed by atoms with E-state index in [0.29, 0.717) is 22.5 Å². The minimum Gasteiger partial charge on any atom is -0.436 e. The maximum atomic E-state index is 6.01. The van der Waals surface area contributed by atoms with Gasteiger partial charge in [0, 0.05) is 11.5 Å². The molecule has 0 aliphatic heterocycles. The van der Waals surface area contributed by atoms with Crippen molar-refractivity contribution >= 4 is 33.3 Å². The van der Waals surface area contributed by atoms with E-state index in [0.717, 1.165) is 4.47 Å². The number of anilines is 1. The molecular formula is C11H9BrClN3O. The van der Waals surface area contributed by atoms with Crippen LogP contribution in [-0.4, -0.2) is 17.0 Å². The molecule has 0 spiro atoms. The number of ether oxygens (including phenoxy) is 1. The number of rotatable bonds is 3. The van der Waals surface area contributed by atoms with Gasteiger partial charge in [-0.1, -0.05) is 27.5 Å². The molecule has 0 aliphatic carbocycles. The van der Waals surface area contributed by atoms with E-state index in [-0.39, 0.29) is 0 Å². The van der Waals surface area contributed by atoms with Gasteiger partial charge in [0.25, 0.3) is 0 Å². The number of benzene rings is 1. The maximum absolute atomic E-state index is 6.01. The Kier molecular flexibility index (Phi) is 3.81. The summed E-state index contributed by atoms with van der Waals surface area (Å²) >= 11 is 9.36. The molecule has 0 radical (unpaired) electrons. The van der Waals surface area contributed by atoms with Crippen LogP contribution in [0.25, 0.3) is 0 Å². The highest BCUT2D eigenvalue weighted by Crippen LogP contribution is 2.31. The predicted octanol–water partition coefficient (Wildman–Crippen LogP) is 3.73. The molecule has 88 valence electrons. The Morgan fingerprint density at radius 2 is 2.18 bits per heavy atom. The summed E-state index contributed by atoms with van der Waals surface area (Å²) in [6.45, 7) is 0. The van der Waals surface area contributed by atoms with Crippen molar-refractivity contribution < 1.29 is 4.74 Å². The molecule has 0 aliphatic rings. The lowest BCUT2D eigenvalue weighted by Gasteiger charge is -2.07. The molecule has 0 atom stereocenters. The monoisotopic (exact) mass is 313 g/mol. The van der Waals surface area contributed by atoms with Gasteiger partial charge in [0.15, 0.2) is 0 Å². The van der Waals surface area contributed by atoms with Crippen LogP contribution in [0.1, 0.15) is 0 Å². The Morgan fingerprint density at radius 3 is 2.94 bits per heavy atom. The fourth-order valence-electron chi connectivity index (χ4n) is 1.19. The zero-order valence-corrected chi connectivity index (χ0v) is 11.3. The van der Waals surface area contributed by atoms with Crippen LogP contribution in [0.2, 0.25) is 5.02 Å². The third kappa shape index (κ3) is 3.08. The van der Waals surface area contributed by atoms with E-state index in [4.69, 9.17) is 16.3 Å². The maximum Gasteiger partial charge on any atom is 0.239 e. The van der Waals surface area contributed by atoms with Gasteiger partial charge in [-0.3, -0.25) is 4.98 Å². The summed E-state index contributed by atoms with van der Waals surface area (Å²) in [5.74, 6) is 1.55. The quantitative estimate of drug-likeness (QED) is 0.938. The van der Waals surface area contributed by atoms with Crippen molar-refractivity contribution in [3.8, 4) is 11.6 Å². The molecule has 0 unspecified atom stereocenters. The van der Waals surface area contributed by atoms with Crippen molar-refractivity contribution in [2.75, 3.05) is 12.4 Å². The van der Waals surface area contributed by atoms with Crippen LogP contribution in [0.3, 0.4) is 0 Å². The van der Waals surface area contributed by atoms with Gasteiger partial charge in [0.05, 0.1) is 17.4 Å². The van der Waals surface area contributed by atoms with E-state index in [1.807, 2.05) is 6.07 Å². The first-order valence-electron chi connectivity index (χ1n) is 4.82. The predicted molar refractivity (Wildman–Crippen MR) is 70.8 cm³/mol. The van der Waals surface area contributed by atoms with Crippen LogP contribution in [0.15, 0.2) is 35.1 Å². The van der Waals surface area contributed by atoms with E-state index >= 15 is 0 Å². The minimum absolute atomic E-state index is 0.386. The molecule has 1 N–H and O–H groups in total. The number of nitrogens with one attached hydrogen (secondary N) is 1. The van der Waals surface area contributed by atoms with E-state index < -0.39 is 0 Å². The normalized spacial score (nSPS) is 10.1. The van der Waals surface area contributed by atoms with E-state index in [1.54, 1.807) is 25.4 Å². The molecule has 0 bridgehead atoms. The number of hydrogen-bond donors (Lipinski definition) is 1. The number of hydrogen-bond acceptors (Lipinski definition) is 4. The molecule has 2 rings (SSSR count). The van der Waals surface area contributed by atoms with Gasteiger partial charge in [0.1, 0.15) is 11.6 Å². The molecule has 1 aromatic heterocycles. The molecule has 0 amide bonds. The average molecular weight is 315 g/mol. The zero-order chi connectivity index (χ0) is 12.3. The Balaban J connectivity index is 2.27. The lowest BCUT2D eigenvalue weighted by Crippen LogP contribution is -1.96. The molecule has 2 aromatic rings. The van der Waals surface area contributed by atoms with Gasteiger partial charge in [-0.15, -0.1) is 0 Å². The van der Waals surface area contributed by atoms with Gasteiger partial charge in [-0.25, -0.2) is 0 Å². The van der Waals surface area contributed by atoms with Crippen molar-refractivity contribution in [2.24, 2.45) is 0 Å². The van der Waals surface area contributed by atoms with Crippen LogP contribution < -0.4 is 10.1 Å². The Hall–Kier alpha value is -1.33. The van der Waals surface area contributed by atoms with Gasteiger partial charge in [-0.2, -0.15) is 4.98 Å². The van der Waals surface area contributed by atoms with Crippen molar-refractivity contribution in [2.45, 2.75) is 0 Å². The lowest BCUT2D eigenvalue weighted by atomic mass is 10.3. The topological polar surface area (TPSA) is 47.0 Å². The third-order valence-electron chi connectivity index (χ3n) is 1.98. The second kappa shape index (κ2) is 5.33. The van der Waals surface area contributed by atoms with Gasteiger partial charge >= 0.3 is 0 Å². The Labute approximate surface area is 112 Å². The number of aromatic nitrogens is 2. The van der Waals surface area contributed by atoms with Crippen LogP contribution in [0, 0.1) is 0 Å². The molecule has 0 saturated heterocycles. The van der Waals surface area contributed by atoms with Crippen molar-refractivity contribution in [3.05, 3.63) is 40.1 Å². The summed E-state index contributed by atoms with van der Waals surface area (Å²) in [6, 6.07) is 5.36. The van der Waals surface area contributed by atoms with Crippen molar-refractivity contribution in [3.63, 3.8) is 0 Å². The van der Waals surface area contributed by atoms with Crippen LogP contribution in [-0.2, 0) is 0 Å². The molecule has 1 aromatic carbocycles. The molecular weight excluding hydrogens is 305 g/mol. The zero-order valence-electron chi connectivity index (χ0n) is 8.95. The first-order valence-corrected chi connectivity index (χ1v) is 5.99. The van der Waals surface area contributed by atoms with E-state index in [2.05, 4.69) is 31.2 Å². The Bertz CT molecular complexity index is 536. The minimum atomic E-state index is 0.386. The molecule has 0 saturated carbocycles. The fourth-order valence-corrected chi connectivity index (χ4v) is 1.68. The lowest BCUT2D eigenvalue weighted by molar-refractivity contribution is 0.461. The van der Waals surface area contributed by atoms with Crippen LogP contribution >= 0.6 is 27.5 Å². The second-order valence-corrected chi connectivity index (χ2v) is 4.49. The largest absolute Gasteiger partial charge is 0.436 e. The summed E-state index contributed by atoms with van der Waals surface area (Å²) < 4.78 is 6.44. The van der Waals surface area contributed by atoms with Crippen molar-refractivity contribution in [1.29, 1.82) is 0 Å². The third-order valence-corrected chi connectivity index (χ3v) is 2.78. The standard InChI is InChI=1S/C11H9BrClN3O/c1-14-10-5-15-6-11(16-10)17-9-4-7(12)2-3-8(9)13/h2-6H,1H3,(H,14,16). The van der Waals surface area contributed by atoms with E-state index in [1.165, 1.54) is 6.20 Å². The molecule has 17 heavy (non-hydrogen) atoms. The number of halogens is 2. The highest BCUT2D eigenvalue weighted by atomic mass is 79.9. The van der Waals surface area contributed by atoms with Crippen LogP contribution in [0.4, 0.5) is 5.82 Å². The van der Waals surface area contributed by atoms with Gasteiger partial charge < -0.3 is 10.1 Å². The fraction of sp³-hybridized carbons (Fsp3) is 0.0909. The average Bonchev–Trinajstić information content (AvgIpc) is 2.34. The van der Waals surface area contributed by atoms with Crippen LogP contribution in [0.5, 0.6) is 11.6 Å². The smallest absolute Gasteiger partial charge is 0.239 e. The Morgan fingerprint density at radius 1 is 1.35 bits per heavy atom. The SMILES string of the molecule is CNc1cncc(Oc2cc(Br)ccc2Cl)n1. The molecule has 4 nitrogen and oxygen atoms in total. The van der Waals surface area contributed by atoms with Crippen molar-refractivity contribution in [1.82, 2.24) is 9.97 Å². The first-order chi connectivity index (χ1) is 8.19.